The number of fused-ring (bicyclic) bond motifs is 1. The third-order valence-electron chi connectivity index (χ3n) is 3.74. The minimum atomic E-state index is 0.269. The predicted molar refractivity (Wildman–Crippen MR) is 81.9 cm³/mol. The predicted octanol–water partition coefficient (Wildman–Crippen LogP) is 2.41. The fourth-order valence-electron chi connectivity index (χ4n) is 2.59. The number of rotatable bonds is 3. The van der Waals surface area contributed by atoms with E-state index in [-0.39, 0.29) is 5.75 Å². The van der Waals surface area contributed by atoms with E-state index in [0.29, 0.717) is 17.1 Å². The summed E-state index contributed by atoms with van der Waals surface area (Å²) in [7, 11) is 1.59. The molecule has 2 N–H and O–H groups in total. The Hall–Kier alpha value is -1.92. The molecule has 0 fully saturated rings. The van der Waals surface area contributed by atoms with E-state index < -0.39 is 0 Å². The number of phenols is 1. The number of nitrogens with zero attached hydrogens (tertiary/aromatic N) is 2. The molecular formula is C15H17N3O2S. The number of aromatic nitrogens is 2. The van der Waals surface area contributed by atoms with E-state index in [2.05, 4.69) is 14.9 Å². The molecule has 0 bridgehead atoms. The van der Waals surface area contributed by atoms with Crippen LogP contribution in [0.3, 0.4) is 0 Å². The summed E-state index contributed by atoms with van der Waals surface area (Å²) in [5, 5.41) is 10.0. The molecule has 0 aliphatic carbocycles. The Morgan fingerprint density at radius 3 is 3.10 bits per heavy atom. The zero-order valence-corrected chi connectivity index (χ0v) is 12.6. The first kappa shape index (κ1) is 14.0. The Balaban J connectivity index is 1.75. The molecule has 0 amide bonds. The van der Waals surface area contributed by atoms with Crippen LogP contribution in [0, 0.1) is 4.77 Å². The van der Waals surface area contributed by atoms with Gasteiger partial charge in [-0.25, -0.2) is 4.98 Å². The highest BCUT2D eigenvalue weighted by Gasteiger charge is 2.18. The molecule has 0 unspecified atom stereocenters. The number of hydrogen-bond donors (Lipinski definition) is 2. The normalized spacial score (nSPS) is 14.7. The number of nitrogens with one attached hydrogen (secondary N) is 1. The lowest BCUT2D eigenvalue weighted by atomic mass is 10.1. The van der Waals surface area contributed by atoms with Crippen molar-refractivity contribution in [3.05, 3.63) is 46.0 Å². The first-order chi connectivity index (χ1) is 10.2. The van der Waals surface area contributed by atoms with Crippen molar-refractivity contribution in [3.63, 3.8) is 0 Å². The summed E-state index contributed by atoms with van der Waals surface area (Å²) in [5.41, 5.74) is 3.24. The number of benzene rings is 1. The minimum absolute atomic E-state index is 0.269. The summed E-state index contributed by atoms with van der Waals surface area (Å²) in [5.74, 6) is 0.933. The lowest BCUT2D eigenvalue weighted by Crippen LogP contribution is -2.30. The third kappa shape index (κ3) is 3.06. The van der Waals surface area contributed by atoms with Crippen LogP contribution in [0.4, 0.5) is 0 Å². The second-order valence-electron chi connectivity index (χ2n) is 5.15. The molecule has 0 radical (unpaired) electrons. The van der Waals surface area contributed by atoms with E-state index in [4.69, 9.17) is 17.0 Å². The molecule has 2 heterocycles. The number of hydrogen-bond acceptors (Lipinski definition) is 5. The highest BCUT2D eigenvalue weighted by Crippen LogP contribution is 2.26. The molecule has 21 heavy (non-hydrogen) atoms. The molecule has 1 aliphatic heterocycles. The summed E-state index contributed by atoms with van der Waals surface area (Å²) in [6.45, 7) is 2.43. The molecule has 0 spiro atoms. The zero-order valence-electron chi connectivity index (χ0n) is 11.8. The van der Waals surface area contributed by atoms with E-state index in [0.717, 1.165) is 25.1 Å². The fraction of sp³-hybridized carbons (Fsp3) is 0.333. The highest BCUT2D eigenvalue weighted by atomic mass is 32.1. The lowest BCUT2D eigenvalue weighted by molar-refractivity contribution is 0.239. The van der Waals surface area contributed by atoms with Gasteiger partial charge in [-0.15, -0.1) is 0 Å². The first-order valence-electron chi connectivity index (χ1n) is 6.81. The van der Waals surface area contributed by atoms with Crippen molar-refractivity contribution in [1.82, 2.24) is 14.9 Å². The number of ether oxygens (including phenoxy) is 1. The SMILES string of the molecule is COc1ccc(CN2CCc3[nH]c(=S)ncc3C2)c(O)c1. The van der Waals surface area contributed by atoms with Crippen LogP contribution in [0.5, 0.6) is 11.5 Å². The van der Waals surface area contributed by atoms with Crippen molar-refractivity contribution < 1.29 is 9.84 Å². The van der Waals surface area contributed by atoms with Gasteiger partial charge in [0.1, 0.15) is 11.5 Å². The van der Waals surface area contributed by atoms with Crippen molar-refractivity contribution >= 4 is 12.2 Å². The van der Waals surface area contributed by atoms with Crippen LogP contribution < -0.4 is 4.74 Å². The summed E-state index contributed by atoms with van der Waals surface area (Å²) < 4.78 is 5.64. The van der Waals surface area contributed by atoms with Crippen LogP contribution in [0.15, 0.2) is 24.4 Å². The molecule has 1 aliphatic rings. The van der Waals surface area contributed by atoms with Gasteiger partial charge in [-0.05, 0) is 18.3 Å². The minimum Gasteiger partial charge on any atom is -0.507 e. The lowest BCUT2D eigenvalue weighted by Gasteiger charge is -2.28. The van der Waals surface area contributed by atoms with Gasteiger partial charge in [0, 0.05) is 55.1 Å². The number of aromatic amines is 1. The van der Waals surface area contributed by atoms with E-state index in [1.54, 1.807) is 13.2 Å². The van der Waals surface area contributed by atoms with Crippen molar-refractivity contribution in [2.24, 2.45) is 0 Å². The Morgan fingerprint density at radius 1 is 1.48 bits per heavy atom. The highest BCUT2D eigenvalue weighted by molar-refractivity contribution is 7.71. The van der Waals surface area contributed by atoms with Crippen LogP contribution in [0.2, 0.25) is 0 Å². The second kappa shape index (κ2) is 5.83. The summed E-state index contributed by atoms with van der Waals surface area (Å²) in [6, 6.07) is 5.41. The molecule has 0 saturated heterocycles. The molecule has 6 heteroatoms. The van der Waals surface area contributed by atoms with Gasteiger partial charge in [-0.3, -0.25) is 4.90 Å². The molecule has 0 atom stereocenters. The van der Waals surface area contributed by atoms with Crippen LogP contribution in [-0.2, 0) is 19.5 Å². The largest absolute Gasteiger partial charge is 0.507 e. The summed E-state index contributed by atoms with van der Waals surface area (Å²) in [6.07, 6.45) is 2.76. The Morgan fingerprint density at radius 2 is 2.33 bits per heavy atom. The van der Waals surface area contributed by atoms with Gasteiger partial charge in [0.25, 0.3) is 0 Å². The Labute approximate surface area is 128 Å². The molecule has 1 aromatic heterocycles. The smallest absolute Gasteiger partial charge is 0.196 e. The zero-order chi connectivity index (χ0) is 14.8. The van der Waals surface area contributed by atoms with Gasteiger partial charge in [-0.1, -0.05) is 6.07 Å². The second-order valence-corrected chi connectivity index (χ2v) is 5.53. The molecule has 2 aromatic rings. The number of phenolic OH excluding ortho intramolecular Hbond substituents is 1. The average Bonchev–Trinajstić information content (AvgIpc) is 2.49. The maximum atomic E-state index is 10.0. The topological polar surface area (TPSA) is 61.4 Å². The number of H-pyrrole nitrogens is 1. The molecule has 3 rings (SSSR count). The number of methoxy groups -OCH3 is 1. The summed E-state index contributed by atoms with van der Waals surface area (Å²) >= 11 is 5.05. The van der Waals surface area contributed by atoms with Gasteiger partial charge in [0.05, 0.1) is 7.11 Å². The fourth-order valence-corrected chi connectivity index (χ4v) is 2.76. The monoisotopic (exact) mass is 303 g/mol. The van der Waals surface area contributed by atoms with Crippen molar-refractivity contribution in [2.45, 2.75) is 19.5 Å². The van der Waals surface area contributed by atoms with Crippen LogP contribution in [-0.4, -0.2) is 33.6 Å². The van der Waals surface area contributed by atoms with Gasteiger partial charge in [0.15, 0.2) is 4.77 Å². The van der Waals surface area contributed by atoms with E-state index >= 15 is 0 Å². The van der Waals surface area contributed by atoms with Gasteiger partial charge < -0.3 is 14.8 Å². The van der Waals surface area contributed by atoms with Crippen molar-refractivity contribution in [2.75, 3.05) is 13.7 Å². The van der Waals surface area contributed by atoms with Gasteiger partial charge in [0.2, 0.25) is 0 Å². The quantitative estimate of drug-likeness (QED) is 0.853. The molecule has 110 valence electrons. The van der Waals surface area contributed by atoms with Crippen molar-refractivity contribution in [3.8, 4) is 11.5 Å². The molecular weight excluding hydrogens is 286 g/mol. The van der Waals surface area contributed by atoms with Crippen LogP contribution in [0.1, 0.15) is 16.8 Å². The van der Waals surface area contributed by atoms with Gasteiger partial charge >= 0.3 is 0 Å². The van der Waals surface area contributed by atoms with E-state index in [9.17, 15) is 5.11 Å². The van der Waals surface area contributed by atoms with Crippen LogP contribution in [0.25, 0.3) is 0 Å². The number of aromatic hydroxyl groups is 1. The van der Waals surface area contributed by atoms with Gasteiger partial charge in [-0.2, -0.15) is 0 Å². The first-order valence-corrected chi connectivity index (χ1v) is 7.22. The molecule has 5 nitrogen and oxygen atoms in total. The third-order valence-corrected chi connectivity index (χ3v) is 3.95. The van der Waals surface area contributed by atoms with Crippen LogP contribution >= 0.6 is 12.2 Å². The standard InChI is InChI=1S/C15H17N3O2S/c1-20-12-3-2-10(14(19)6-12)8-18-5-4-13-11(9-18)7-16-15(21)17-13/h2-3,6-7,19H,4-5,8-9H2,1H3,(H,16,17,21). The summed E-state index contributed by atoms with van der Waals surface area (Å²) in [4.78, 5) is 9.57. The Bertz CT molecular complexity index is 714. The maximum Gasteiger partial charge on any atom is 0.196 e. The Kier molecular flexibility index (Phi) is 3.90. The maximum absolute atomic E-state index is 10.0. The van der Waals surface area contributed by atoms with E-state index in [1.807, 2.05) is 18.3 Å². The van der Waals surface area contributed by atoms with E-state index in [1.165, 1.54) is 11.3 Å². The molecule has 0 saturated carbocycles. The molecule has 1 aromatic carbocycles. The van der Waals surface area contributed by atoms with Crippen molar-refractivity contribution in [1.29, 1.82) is 0 Å². The average molecular weight is 303 g/mol.